The number of carboxylic acid groups (broad SMARTS) is 1. The lowest BCUT2D eigenvalue weighted by atomic mass is 9.97. The number of aryl methyl sites for hydroxylation is 2. The highest BCUT2D eigenvalue weighted by atomic mass is 32.2. The first-order valence-corrected chi connectivity index (χ1v) is 10.2. The number of carboxylic acids is 1. The maximum absolute atomic E-state index is 13.0. The summed E-state index contributed by atoms with van der Waals surface area (Å²) in [6.07, 6.45) is 6.39. The van der Waals surface area contributed by atoms with Gasteiger partial charge in [0.1, 0.15) is 10.9 Å². The molecule has 1 aliphatic rings. The maximum atomic E-state index is 13.0. The third kappa shape index (κ3) is 2.99. The third-order valence-corrected chi connectivity index (χ3v) is 6.39. The molecule has 0 unspecified atom stereocenters. The standard InChI is InChI=1S/C15H18N2O3S3/c1-22-7-6-9(14(19)20)17-13(18)11-8-4-2-3-5-10(8)23-12(11)16-15(17)21/h9H,2-7H2,1H3,(H,16,21)(H,19,20)/t9-/m1/s1. The van der Waals surface area contributed by atoms with Crippen LogP contribution in [-0.4, -0.2) is 32.6 Å². The van der Waals surface area contributed by atoms with E-state index in [4.69, 9.17) is 12.2 Å². The average molecular weight is 371 g/mol. The molecule has 2 aromatic heterocycles. The summed E-state index contributed by atoms with van der Waals surface area (Å²) < 4.78 is 1.47. The van der Waals surface area contributed by atoms with Crippen LogP contribution in [0.3, 0.4) is 0 Å². The molecule has 0 saturated heterocycles. The summed E-state index contributed by atoms with van der Waals surface area (Å²) in [5, 5.41) is 10.2. The van der Waals surface area contributed by atoms with E-state index < -0.39 is 12.0 Å². The number of carbonyl (C=O) groups is 1. The monoisotopic (exact) mass is 370 g/mol. The van der Waals surface area contributed by atoms with Crippen molar-refractivity contribution in [1.82, 2.24) is 9.55 Å². The van der Waals surface area contributed by atoms with Gasteiger partial charge in [-0.05, 0) is 61.9 Å². The lowest BCUT2D eigenvalue weighted by Gasteiger charge is -2.16. The Morgan fingerprint density at radius 3 is 2.91 bits per heavy atom. The van der Waals surface area contributed by atoms with Crippen molar-refractivity contribution in [2.24, 2.45) is 0 Å². The van der Waals surface area contributed by atoms with Gasteiger partial charge in [-0.1, -0.05) is 0 Å². The molecule has 1 atom stereocenters. The topological polar surface area (TPSA) is 75.1 Å². The Bertz CT molecular complexity index is 865. The number of H-pyrrole nitrogens is 1. The Hall–Kier alpha value is -1.12. The molecule has 8 heteroatoms. The number of aromatic amines is 1. The van der Waals surface area contributed by atoms with Crippen LogP contribution in [0.1, 0.15) is 35.7 Å². The predicted octanol–water partition coefficient (Wildman–Crippen LogP) is 3.38. The van der Waals surface area contributed by atoms with Crippen molar-refractivity contribution in [1.29, 1.82) is 0 Å². The van der Waals surface area contributed by atoms with Gasteiger partial charge in [0.25, 0.3) is 5.56 Å². The fourth-order valence-electron chi connectivity index (χ4n) is 3.13. The first-order chi connectivity index (χ1) is 11.0. The van der Waals surface area contributed by atoms with Crippen LogP contribution in [-0.2, 0) is 17.6 Å². The van der Waals surface area contributed by atoms with Gasteiger partial charge in [-0.2, -0.15) is 11.8 Å². The van der Waals surface area contributed by atoms with Gasteiger partial charge in [-0.25, -0.2) is 4.79 Å². The van der Waals surface area contributed by atoms with Crippen LogP contribution in [0.25, 0.3) is 10.2 Å². The molecule has 2 N–H and O–H groups in total. The number of nitrogens with zero attached hydrogens (tertiary/aromatic N) is 1. The SMILES string of the molecule is CSCC[C@H](C(=O)O)n1c(=S)[nH]c2sc3c(c2c1=O)CCCC3. The molecule has 0 radical (unpaired) electrons. The molecule has 0 spiro atoms. The van der Waals surface area contributed by atoms with E-state index in [9.17, 15) is 14.7 Å². The van der Waals surface area contributed by atoms with E-state index in [1.807, 2.05) is 6.26 Å². The maximum Gasteiger partial charge on any atom is 0.326 e. The van der Waals surface area contributed by atoms with Crippen molar-refractivity contribution in [3.63, 3.8) is 0 Å². The summed E-state index contributed by atoms with van der Waals surface area (Å²) in [4.78, 5) is 29.8. The number of thioether (sulfide) groups is 1. The van der Waals surface area contributed by atoms with E-state index in [1.54, 1.807) is 23.1 Å². The van der Waals surface area contributed by atoms with E-state index in [0.29, 0.717) is 17.6 Å². The zero-order valence-corrected chi connectivity index (χ0v) is 15.2. The minimum Gasteiger partial charge on any atom is -0.480 e. The summed E-state index contributed by atoms with van der Waals surface area (Å²) >= 11 is 8.45. The zero-order chi connectivity index (χ0) is 16.6. The van der Waals surface area contributed by atoms with Crippen LogP contribution >= 0.6 is 35.3 Å². The lowest BCUT2D eigenvalue weighted by molar-refractivity contribution is -0.141. The first-order valence-electron chi connectivity index (χ1n) is 7.55. The second-order valence-corrected chi connectivity index (χ2v) is 8.13. The number of hydrogen-bond donors (Lipinski definition) is 2. The highest BCUT2D eigenvalue weighted by Gasteiger charge is 2.26. The molecular formula is C15H18N2O3S3. The Morgan fingerprint density at radius 1 is 1.48 bits per heavy atom. The minimum absolute atomic E-state index is 0.203. The molecule has 1 aliphatic carbocycles. The van der Waals surface area contributed by atoms with Gasteiger partial charge in [0.05, 0.1) is 5.39 Å². The molecule has 0 bridgehead atoms. The number of nitrogens with one attached hydrogen (secondary N) is 1. The number of hydrogen-bond acceptors (Lipinski definition) is 5. The van der Waals surface area contributed by atoms with Crippen molar-refractivity contribution in [2.75, 3.05) is 12.0 Å². The third-order valence-electron chi connectivity index (χ3n) is 4.24. The summed E-state index contributed by atoms with van der Waals surface area (Å²) in [5.41, 5.74) is 0.840. The van der Waals surface area contributed by atoms with Gasteiger partial charge in [-0.15, -0.1) is 11.3 Å². The van der Waals surface area contributed by atoms with Crippen LogP contribution in [0.15, 0.2) is 4.79 Å². The number of fused-ring (bicyclic) bond motifs is 3. The van der Waals surface area contributed by atoms with E-state index in [0.717, 1.165) is 36.1 Å². The van der Waals surface area contributed by atoms with Gasteiger partial charge < -0.3 is 10.1 Å². The Kier molecular flexibility index (Phi) is 4.93. The molecular weight excluding hydrogens is 352 g/mol. The largest absolute Gasteiger partial charge is 0.480 e. The highest BCUT2D eigenvalue weighted by molar-refractivity contribution is 7.98. The highest BCUT2D eigenvalue weighted by Crippen LogP contribution is 2.33. The smallest absolute Gasteiger partial charge is 0.326 e. The summed E-state index contributed by atoms with van der Waals surface area (Å²) in [5.74, 6) is -0.345. The second-order valence-electron chi connectivity index (χ2n) is 5.66. The molecule has 0 aromatic carbocycles. The molecule has 0 saturated carbocycles. The molecule has 3 rings (SSSR count). The molecule has 5 nitrogen and oxygen atoms in total. The quantitative estimate of drug-likeness (QED) is 0.789. The Balaban J connectivity index is 2.22. The van der Waals surface area contributed by atoms with Gasteiger partial charge in [0, 0.05) is 4.88 Å². The Morgan fingerprint density at radius 2 is 2.22 bits per heavy atom. The fourth-order valence-corrected chi connectivity index (χ4v) is 5.24. The van der Waals surface area contributed by atoms with E-state index in [1.165, 1.54) is 9.44 Å². The van der Waals surface area contributed by atoms with Crippen LogP contribution in [0.5, 0.6) is 0 Å². The van der Waals surface area contributed by atoms with E-state index in [-0.39, 0.29) is 10.3 Å². The summed E-state index contributed by atoms with van der Waals surface area (Å²) in [6, 6.07) is -0.915. The summed E-state index contributed by atoms with van der Waals surface area (Å²) in [7, 11) is 0. The predicted molar refractivity (Wildman–Crippen MR) is 97.6 cm³/mol. The van der Waals surface area contributed by atoms with Crippen molar-refractivity contribution in [3.05, 3.63) is 25.6 Å². The second kappa shape index (κ2) is 6.78. The van der Waals surface area contributed by atoms with Crippen molar-refractivity contribution in [3.8, 4) is 0 Å². The number of rotatable bonds is 5. The number of aromatic nitrogens is 2. The van der Waals surface area contributed by atoms with Crippen molar-refractivity contribution < 1.29 is 9.90 Å². The molecule has 2 heterocycles. The van der Waals surface area contributed by atoms with Crippen LogP contribution < -0.4 is 5.56 Å². The van der Waals surface area contributed by atoms with E-state index in [2.05, 4.69) is 4.98 Å². The van der Waals surface area contributed by atoms with Crippen LogP contribution in [0, 0.1) is 4.77 Å². The van der Waals surface area contributed by atoms with Crippen LogP contribution in [0.2, 0.25) is 0 Å². The summed E-state index contributed by atoms with van der Waals surface area (Å²) in [6.45, 7) is 0. The van der Waals surface area contributed by atoms with Crippen LogP contribution in [0.4, 0.5) is 0 Å². The minimum atomic E-state index is -1.01. The zero-order valence-electron chi connectivity index (χ0n) is 12.8. The average Bonchev–Trinajstić information content (AvgIpc) is 2.88. The fraction of sp³-hybridized carbons (Fsp3) is 0.533. The molecule has 124 valence electrons. The Labute approximate surface area is 146 Å². The van der Waals surface area contributed by atoms with Gasteiger partial charge in [-0.3, -0.25) is 9.36 Å². The lowest BCUT2D eigenvalue weighted by Crippen LogP contribution is -2.32. The van der Waals surface area contributed by atoms with Crippen molar-refractivity contribution >= 4 is 51.5 Å². The molecule has 0 fully saturated rings. The molecule has 23 heavy (non-hydrogen) atoms. The van der Waals surface area contributed by atoms with E-state index >= 15 is 0 Å². The van der Waals surface area contributed by atoms with Gasteiger partial charge >= 0.3 is 5.97 Å². The molecule has 0 amide bonds. The van der Waals surface area contributed by atoms with Crippen molar-refractivity contribution in [2.45, 2.75) is 38.1 Å². The molecule has 0 aliphatic heterocycles. The first kappa shape index (κ1) is 16.7. The van der Waals surface area contributed by atoms with Gasteiger partial charge in [0.15, 0.2) is 4.77 Å². The number of aliphatic carboxylic acids is 1. The van der Waals surface area contributed by atoms with Gasteiger partial charge in [0.2, 0.25) is 0 Å². The normalized spacial score (nSPS) is 15.5. The molecule has 2 aromatic rings. The number of thiophene rings is 1.